The Kier molecular flexibility index (Phi) is 5.20. The molecular weight excluding hydrogens is 276 g/mol. The molecule has 7 heteroatoms. The fraction of sp³-hybridized carbons (Fsp3) is 0.143. The molecule has 0 spiro atoms. The van der Waals surface area contributed by atoms with Gasteiger partial charge in [0.25, 0.3) is 11.8 Å². The highest BCUT2D eigenvalue weighted by Crippen LogP contribution is 2.13. The van der Waals surface area contributed by atoms with Gasteiger partial charge in [-0.25, -0.2) is 4.79 Å². The molecule has 108 valence electrons. The summed E-state index contributed by atoms with van der Waals surface area (Å²) >= 11 is 0. The van der Waals surface area contributed by atoms with E-state index in [0.29, 0.717) is 5.56 Å². The van der Waals surface area contributed by atoms with Crippen LogP contribution in [0.1, 0.15) is 19.4 Å². The van der Waals surface area contributed by atoms with Gasteiger partial charge in [0.15, 0.2) is 0 Å². The second-order valence-electron chi connectivity index (χ2n) is 3.97. The number of aromatic hydroxyl groups is 1. The molecule has 7 nitrogen and oxygen atoms in total. The van der Waals surface area contributed by atoms with Crippen LogP contribution in [0.25, 0.3) is 6.08 Å². The van der Waals surface area contributed by atoms with E-state index in [4.69, 9.17) is 10.4 Å². The number of carbonyl (C=O) groups is 3. The molecule has 0 fully saturated rings. The summed E-state index contributed by atoms with van der Waals surface area (Å²) in [5.41, 5.74) is 0.0756. The number of hydrogen-bond acceptors (Lipinski definition) is 6. The molecule has 1 rings (SSSR count). The number of amides is 2. The zero-order valence-electron chi connectivity index (χ0n) is 11.4. The molecule has 2 amide bonds. The van der Waals surface area contributed by atoms with Gasteiger partial charge in [-0.3, -0.25) is 9.59 Å². The van der Waals surface area contributed by atoms with Crippen LogP contribution in [0.15, 0.2) is 29.8 Å². The number of benzene rings is 1. The molecule has 0 saturated heterocycles. The molecular formula is C14H12N2O5. The molecule has 1 aromatic rings. The molecule has 1 aromatic carbocycles. The van der Waals surface area contributed by atoms with Gasteiger partial charge in [0.2, 0.25) is 0 Å². The van der Waals surface area contributed by atoms with Crippen LogP contribution in [0.4, 0.5) is 0 Å². The average molecular weight is 288 g/mol. The van der Waals surface area contributed by atoms with Gasteiger partial charge in [0.05, 0.1) is 0 Å². The fourth-order valence-electron chi connectivity index (χ4n) is 1.36. The van der Waals surface area contributed by atoms with E-state index in [0.717, 1.165) is 13.8 Å². The Balaban J connectivity index is 2.97. The van der Waals surface area contributed by atoms with Crippen molar-refractivity contribution in [3.63, 3.8) is 0 Å². The number of nitriles is 1. The average Bonchev–Trinajstić information content (AvgIpc) is 2.43. The monoisotopic (exact) mass is 288 g/mol. The number of phenolic OH excluding ortho intramolecular Hbond substituents is 1. The highest BCUT2D eigenvalue weighted by Gasteiger charge is 2.22. The molecule has 0 atom stereocenters. The number of rotatable bonds is 2. The topological polar surface area (TPSA) is 108 Å². The highest BCUT2D eigenvalue weighted by atomic mass is 16.7. The van der Waals surface area contributed by atoms with Gasteiger partial charge in [-0.1, -0.05) is 12.1 Å². The lowest BCUT2D eigenvalue weighted by atomic mass is 10.1. The summed E-state index contributed by atoms with van der Waals surface area (Å²) in [7, 11) is 0. The molecule has 0 bridgehead atoms. The first-order valence-corrected chi connectivity index (χ1v) is 5.79. The molecule has 0 aromatic heterocycles. The van der Waals surface area contributed by atoms with Crippen molar-refractivity contribution in [1.29, 1.82) is 5.26 Å². The van der Waals surface area contributed by atoms with E-state index in [9.17, 15) is 14.4 Å². The summed E-state index contributed by atoms with van der Waals surface area (Å²) < 4.78 is 0. The quantitative estimate of drug-likeness (QED) is 0.497. The summed E-state index contributed by atoms with van der Waals surface area (Å²) in [5, 5.41) is 18.4. The van der Waals surface area contributed by atoms with Crippen molar-refractivity contribution < 1.29 is 24.3 Å². The first-order valence-electron chi connectivity index (χ1n) is 5.79. The predicted octanol–water partition coefficient (Wildman–Crippen LogP) is 1.15. The Morgan fingerprint density at radius 3 is 2.14 bits per heavy atom. The van der Waals surface area contributed by atoms with Gasteiger partial charge in [-0.05, 0) is 23.8 Å². The summed E-state index contributed by atoms with van der Waals surface area (Å²) in [5.74, 6) is -2.65. The lowest BCUT2D eigenvalue weighted by molar-refractivity contribution is -0.197. The van der Waals surface area contributed by atoms with Gasteiger partial charge in [0, 0.05) is 13.8 Å². The third kappa shape index (κ3) is 4.47. The van der Waals surface area contributed by atoms with E-state index in [1.807, 2.05) is 0 Å². The highest BCUT2D eigenvalue weighted by molar-refractivity contribution is 6.00. The maximum atomic E-state index is 11.8. The van der Waals surface area contributed by atoms with Crippen molar-refractivity contribution in [2.45, 2.75) is 13.8 Å². The van der Waals surface area contributed by atoms with Crippen LogP contribution in [-0.2, 0) is 19.2 Å². The van der Waals surface area contributed by atoms with E-state index >= 15 is 0 Å². The van der Waals surface area contributed by atoms with E-state index < -0.39 is 23.4 Å². The van der Waals surface area contributed by atoms with E-state index in [1.54, 1.807) is 6.07 Å². The van der Waals surface area contributed by atoms with Crippen LogP contribution in [0, 0.1) is 11.3 Å². The minimum atomic E-state index is -1.13. The maximum Gasteiger partial charge on any atom is 0.374 e. The van der Waals surface area contributed by atoms with Crippen molar-refractivity contribution in [3.05, 3.63) is 35.4 Å². The van der Waals surface area contributed by atoms with Crippen molar-refractivity contribution in [2.24, 2.45) is 0 Å². The summed E-state index contributed by atoms with van der Waals surface area (Å²) in [6.07, 6.45) is 1.21. The van der Waals surface area contributed by atoms with Crippen LogP contribution in [0.3, 0.4) is 0 Å². The van der Waals surface area contributed by atoms with Gasteiger partial charge >= 0.3 is 5.97 Å². The molecule has 0 unspecified atom stereocenters. The standard InChI is InChI=1S/C14H12N2O5/c1-9(17)16(10(2)18)21-14(20)12(8-15)7-11-3-5-13(19)6-4-11/h3-7,19H,1-2H3/b12-7+. The molecule has 0 saturated carbocycles. The molecule has 0 aliphatic heterocycles. The zero-order valence-corrected chi connectivity index (χ0v) is 11.4. The zero-order chi connectivity index (χ0) is 16.0. The lowest BCUT2D eigenvalue weighted by Gasteiger charge is -2.14. The molecule has 0 radical (unpaired) electrons. The van der Waals surface area contributed by atoms with Gasteiger partial charge in [0.1, 0.15) is 17.4 Å². The summed E-state index contributed by atoms with van der Waals surface area (Å²) in [6.45, 7) is 2.09. The Bertz CT molecular complexity index is 626. The second kappa shape index (κ2) is 6.86. The normalized spacial score (nSPS) is 10.4. The molecule has 21 heavy (non-hydrogen) atoms. The van der Waals surface area contributed by atoms with Crippen LogP contribution in [0.5, 0.6) is 5.75 Å². The number of hydroxylamine groups is 2. The van der Waals surface area contributed by atoms with Crippen molar-refractivity contribution in [1.82, 2.24) is 5.06 Å². The number of hydrogen-bond donors (Lipinski definition) is 1. The maximum absolute atomic E-state index is 11.8. The number of imide groups is 1. The summed E-state index contributed by atoms with van der Waals surface area (Å²) in [6, 6.07) is 7.34. The minimum absolute atomic E-state index is 0.0348. The van der Waals surface area contributed by atoms with Gasteiger partial charge in [-0.15, -0.1) is 5.06 Å². The Morgan fingerprint density at radius 1 is 1.19 bits per heavy atom. The van der Waals surface area contributed by atoms with Crippen molar-refractivity contribution in [2.75, 3.05) is 0 Å². The minimum Gasteiger partial charge on any atom is -0.508 e. The van der Waals surface area contributed by atoms with Crippen molar-refractivity contribution >= 4 is 23.9 Å². The van der Waals surface area contributed by atoms with Crippen LogP contribution < -0.4 is 0 Å². The van der Waals surface area contributed by atoms with Crippen LogP contribution in [-0.4, -0.2) is 28.0 Å². The van der Waals surface area contributed by atoms with E-state index in [2.05, 4.69) is 4.84 Å². The lowest BCUT2D eigenvalue weighted by Crippen LogP contribution is -2.35. The third-order valence-electron chi connectivity index (χ3n) is 2.29. The van der Waals surface area contributed by atoms with Gasteiger partial charge < -0.3 is 9.94 Å². The molecule has 0 aliphatic carbocycles. The largest absolute Gasteiger partial charge is 0.508 e. The molecule has 0 heterocycles. The van der Waals surface area contributed by atoms with Crippen molar-refractivity contribution in [3.8, 4) is 11.8 Å². The Labute approximate surface area is 120 Å². The molecule has 1 N–H and O–H groups in total. The first-order chi connectivity index (χ1) is 9.85. The Hall–Kier alpha value is -3.14. The number of carbonyl (C=O) groups excluding carboxylic acids is 3. The number of phenols is 1. The fourth-order valence-corrected chi connectivity index (χ4v) is 1.36. The van der Waals surface area contributed by atoms with Crippen LogP contribution >= 0.6 is 0 Å². The van der Waals surface area contributed by atoms with E-state index in [-0.39, 0.29) is 10.8 Å². The third-order valence-corrected chi connectivity index (χ3v) is 2.29. The van der Waals surface area contributed by atoms with Crippen LogP contribution in [0.2, 0.25) is 0 Å². The van der Waals surface area contributed by atoms with Gasteiger partial charge in [-0.2, -0.15) is 5.26 Å². The Morgan fingerprint density at radius 2 is 1.71 bits per heavy atom. The first kappa shape index (κ1) is 15.9. The second-order valence-corrected chi connectivity index (χ2v) is 3.97. The summed E-state index contributed by atoms with van der Waals surface area (Å²) in [4.78, 5) is 38.6. The van der Waals surface area contributed by atoms with E-state index in [1.165, 1.54) is 30.3 Å². The SMILES string of the molecule is CC(=O)N(OC(=O)/C(C#N)=C/c1ccc(O)cc1)C(C)=O. The number of nitrogens with zero attached hydrogens (tertiary/aromatic N) is 2. The molecule has 0 aliphatic rings. The smallest absolute Gasteiger partial charge is 0.374 e. The predicted molar refractivity (Wildman–Crippen MR) is 71.0 cm³/mol.